The van der Waals surface area contributed by atoms with Gasteiger partial charge in [-0.05, 0) is 45.1 Å². The SMILES string of the molecule is CCN(CC)c1ccc(CN(C[C@H]2CCCO2)C(=O)CC(C)(C)C)c(OS(=O)(=O)CC)c1. The van der Waals surface area contributed by atoms with Crippen LogP contribution >= 0.6 is 0 Å². The molecule has 1 aromatic carbocycles. The molecule has 1 aromatic rings. The van der Waals surface area contributed by atoms with Crippen LogP contribution in [-0.2, 0) is 26.2 Å². The lowest BCUT2D eigenvalue weighted by molar-refractivity contribution is -0.135. The van der Waals surface area contributed by atoms with Gasteiger partial charge < -0.3 is 18.7 Å². The van der Waals surface area contributed by atoms with Crippen LogP contribution < -0.4 is 9.08 Å². The number of hydrogen-bond acceptors (Lipinski definition) is 6. The minimum absolute atomic E-state index is 0.0117. The van der Waals surface area contributed by atoms with Crippen molar-refractivity contribution >= 4 is 21.7 Å². The average molecular weight is 469 g/mol. The van der Waals surface area contributed by atoms with Crippen molar-refractivity contribution in [3.63, 3.8) is 0 Å². The highest BCUT2D eigenvalue weighted by Crippen LogP contribution is 2.30. The van der Waals surface area contributed by atoms with E-state index >= 15 is 0 Å². The Labute approximate surface area is 194 Å². The third-order valence-corrected chi connectivity index (χ3v) is 6.73. The third-order valence-electron chi connectivity index (χ3n) is 5.59. The Balaban J connectivity index is 2.39. The summed E-state index contributed by atoms with van der Waals surface area (Å²) < 4.78 is 35.9. The maximum absolute atomic E-state index is 13.2. The lowest BCUT2D eigenvalue weighted by atomic mass is 9.91. The molecular formula is C24H40N2O5S. The minimum atomic E-state index is -3.70. The van der Waals surface area contributed by atoms with Crippen LogP contribution in [0.2, 0.25) is 0 Å². The van der Waals surface area contributed by atoms with E-state index in [1.165, 1.54) is 0 Å². The van der Waals surface area contributed by atoms with Gasteiger partial charge in [0.2, 0.25) is 5.91 Å². The molecule has 0 saturated carbocycles. The van der Waals surface area contributed by atoms with Crippen molar-refractivity contribution in [2.45, 2.75) is 73.5 Å². The third kappa shape index (κ3) is 7.96. The van der Waals surface area contributed by atoms with Gasteiger partial charge in [-0.1, -0.05) is 26.8 Å². The number of nitrogens with zero attached hydrogens (tertiary/aromatic N) is 2. The molecule has 0 N–H and O–H groups in total. The van der Waals surface area contributed by atoms with Gasteiger partial charge in [0.05, 0.1) is 11.9 Å². The van der Waals surface area contributed by atoms with E-state index in [1.807, 2.05) is 32.9 Å². The van der Waals surface area contributed by atoms with E-state index in [1.54, 1.807) is 17.9 Å². The number of hydrogen-bond donors (Lipinski definition) is 0. The summed E-state index contributed by atoms with van der Waals surface area (Å²) in [7, 11) is -3.70. The fraction of sp³-hybridized carbons (Fsp3) is 0.708. The Hall–Kier alpha value is -1.80. The number of ether oxygens (including phenoxy) is 1. The number of rotatable bonds is 11. The van der Waals surface area contributed by atoms with Gasteiger partial charge in [-0.2, -0.15) is 8.42 Å². The molecule has 0 spiro atoms. The quantitative estimate of drug-likeness (QED) is 0.453. The van der Waals surface area contributed by atoms with Crippen LogP contribution in [0.25, 0.3) is 0 Å². The van der Waals surface area contributed by atoms with Crippen molar-refractivity contribution < 1.29 is 22.1 Å². The van der Waals surface area contributed by atoms with Crippen molar-refractivity contribution in [3.05, 3.63) is 23.8 Å². The molecule has 32 heavy (non-hydrogen) atoms. The van der Waals surface area contributed by atoms with E-state index in [9.17, 15) is 13.2 Å². The fourth-order valence-electron chi connectivity index (χ4n) is 3.79. The maximum atomic E-state index is 13.2. The molecule has 2 rings (SSSR count). The molecule has 182 valence electrons. The first-order valence-corrected chi connectivity index (χ1v) is 13.2. The zero-order chi connectivity index (χ0) is 23.9. The normalized spacial score (nSPS) is 16.8. The highest BCUT2D eigenvalue weighted by Gasteiger charge is 2.27. The second kappa shape index (κ2) is 11.4. The van der Waals surface area contributed by atoms with Crippen molar-refractivity contribution in [2.75, 3.05) is 36.9 Å². The van der Waals surface area contributed by atoms with Crippen LogP contribution in [0.15, 0.2) is 18.2 Å². The lowest BCUT2D eigenvalue weighted by Crippen LogP contribution is -2.38. The number of anilines is 1. The Morgan fingerprint density at radius 1 is 1.19 bits per heavy atom. The van der Waals surface area contributed by atoms with E-state index < -0.39 is 10.1 Å². The summed E-state index contributed by atoms with van der Waals surface area (Å²) in [6.07, 6.45) is 2.33. The second-order valence-corrected chi connectivity index (χ2v) is 11.4. The Morgan fingerprint density at radius 3 is 2.41 bits per heavy atom. The van der Waals surface area contributed by atoms with Gasteiger partial charge in [-0.15, -0.1) is 0 Å². The lowest BCUT2D eigenvalue weighted by Gasteiger charge is -2.30. The largest absolute Gasteiger partial charge is 0.382 e. The van der Waals surface area contributed by atoms with Gasteiger partial charge in [-0.25, -0.2) is 0 Å². The summed E-state index contributed by atoms with van der Waals surface area (Å²) >= 11 is 0. The topological polar surface area (TPSA) is 76.2 Å². The monoisotopic (exact) mass is 468 g/mol. The fourth-order valence-corrected chi connectivity index (χ4v) is 4.34. The molecule has 1 saturated heterocycles. The van der Waals surface area contributed by atoms with Crippen molar-refractivity contribution in [3.8, 4) is 5.75 Å². The first-order valence-electron chi connectivity index (χ1n) is 11.7. The van der Waals surface area contributed by atoms with Crippen LogP contribution in [0, 0.1) is 5.41 Å². The number of carbonyl (C=O) groups excluding carboxylic acids is 1. The molecule has 0 aliphatic carbocycles. The highest BCUT2D eigenvalue weighted by atomic mass is 32.2. The van der Waals surface area contributed by atoms with Gasteiger partial charge in [0.1, 0.15) is 5.75 Å². The molecular weight excluding hydrogens is 428 g/mol. The predicted molar refractivity (Wildman–Crippen MR) is 129 cm³/mol. The molecule has 1 amide bonds. The van der Waals surface area contributed by atoms with Crippen molar-refractivity contribution in [2.24, 2.45) is 5.41 Å². The molecule has 1 aliphatic rings. The predicted octanol–water partition coefficient (Wildman–Crippen LogP) is 4.21. The summed E-state index contributed by atoms with van der Waals surface area (Å²) in [5, 5.41) is 0. The van der Waals surface area contributed by atoms with E-state index in [4.69, 9.17) is 8.92 Å². The molecule has 1 atom stereocenters. The number of carbonyl (C=O) groups is 1. The van der Waals surface area contributed by atoms with Crippen molar-refractivity contribution in [1.29, 1.82) is 0 Å². The molecule has 1 heterocycles. The standard InChI is InChI=1S/C24H40N2O5S/c1-7-25(8-2)20-13-12-19(22(15-20)31-32(28,29)9-3)17-26(18-21-11-10-14-30-21)23(27)16-24(4,5)6/h12-13,15,21H,7-11,14,16-18H2,1-6H3/t21-/m1/s1. The summed E-state index contributed by atoms with van der Waals surface area (Å²) in [6, 6.07) is 5.61. The van der Waals surface area contributed by atoms with Gasteiger partial charge in [0.25, 0.3) is 0 Å². The zero-order valence-corrected chi connectivity index (χ0v) is 21.3. The molecule has 0 radical (unpaired) electrons. The van der Waals surface area contributed by atoms with E-state index in [-0.39, 0.29) is 35.5 Å². The van der Waals surface area contributed by atoms with E-state index in [0.29, 0.717) is 25.1 Å². The summed E-state index contributed by atoms with van der Waals surface area (Å²) in [4.78, 5) is 17.1. The Kier molecular flexibility index (Phi) is 9.40. The zero-order valence-electron chi connectivity index (χ0n) is 20.5. The van der Waals surface area contributed by atoms with Crippen LogP contribution in [-0.4, -0.2) is 57.3 Å². The first-order chi connectivity index (χ1) is 15.0. The molecule has 1 aliphatic heterocycles. The summed E-state index contributed by atoms with van der Waals surface area (Å²) in [5.74, 6) is 0.201. The van der Waals surface area contributed by atoms with Gasteiger partial charge in [0.15, 0.2) is 0 Å². The van der Waals surface area contributed by atoms with Gasteiger partial charge >= 0.3 is 10.1 Å². The Bertz CT molecular complexity index is 854. The molecule has 0 unspecified atom stereocenters. The highest BCUT2D eigenvalue weighted by molar-refractivity contribution is 7.87. The van der Waals surface area contributed by atoms with Gasteiger partial charge in [0, 0.05) is 56.5 Å². The smallest absolute Gasteiger partial charge is 0.308 e. The molecule has 0 bridgehead atoms. The van der Waals surface area contributed by atoms with E-state index in [0.717, 1.165) is 31.6 Å². The van der Waals surface area contributed by atoms with Crippen LogP contribution in [0.3, 0.4) is 0 Å². The second-order valence-electron chi connectivity index (χ2n) is 9.54. The number of benzene rings is 1. The van der Waals surface area contributed by atoms with Crippen LogP contribution in [0.1, 0.15) is 66.4 Å². The average Bonchev–Trinajstić information content (AvgIpc) is 3.21. The first kappa shape index (κ1) is 26.5. The molecule has 7 nitrogen and oxygen atoms in total. The maximum Gasteiger partial charge on any atom is 0.308 e. The summed E-state index contributed by atoms with van der Waals surface area (Å²) in [5.41, 5.74) is 1.42. The van der Waals surface area contributed by atoms with E-state index in [2.05, 4.69) is 18.7 Å². The van der Waals surface area contributed by atoms with Crippen molar-refractivity contribution in [1.82, 2.24) is 4.90 Å². The summed E-state index contributed by atoms with van der Waals surface area (Å²) in [6.45, 7) is 14.9. The molecule has 0 aromatic heterocycles. The Morgan fingerprint density at radius 2 is 1.88 bits per heavy atom. The molecule has 8 heteroatoms. The minimum Gasteiger partial charge on any atom is -0.382 e. The van der Waals surface area contributed by atoms with Crippen LogP contribution in [0.4, 0.5) is 5.69 Å². The van der Waals surface area contributed by atoms with Crippen LogP contribution in [0.5, 0.6) is 5.75 Å². The molecule has 1 fully saturated rings. The number of amides is 1. The van der Waals surface area contributed by atoms with Gasteiger partial charge in [-0.3, -0.25) is 4.79 Å².